The first kappa shape index (κ1) is 22.1. The van der Waals surface area contributed by atoms with Gasteiger partial charge in [-0.05, 0) is 38.6 Å². The number of amides is 1. The van der Waals surface area contributed by atoms with Crippen LogP contribution in [0, 0.1) is 0 Å². The lowest BCUT2D eigenvalue weighted by Crippen LogP contribution is -2.63. The van der Waals surface area contributed by atoms with Crippen molar-refractivity contribution in [2.75, 3.05) is 19.4 Å². The Morgan fingerprint density at radius 3 is 2.37 bits per heavy atom. The molecule has 0 bridgehead atoms. The van der Waals surface area contributed by atoms with Crippen molar-refractivity contribution in [2.24, 2.45) is 0 Å². The molecular weight excluding hydrogens is 399 g/mol. The Morgan fingerprint density at radius 2 is 1.87 bits per heavy atom. The number of aliphatic hydroxyl groups excluding tert-OH is 1. The van der Waals surface area contributed by atoms with Crippen LogP contribution in [0.1, 0.15) is 53.5 Å². The van der Waals surface area contributed by atoms with Crippen LogP contribution in [0.5, 0.6) is 0 Å². The molecule has 0 radical (unpaired) electrons. The van der Waals surface area contributed by atoms with Gasteiger partial charge in [0.05, 0.1) is 19.1 Å². The highest BCUT2D eigenvalue weighted by atomic mass is 19.4. The fourth-order valence-electron chi connectivity index (χ4n) is 3.58. The van der Waals surface area contributed by atoms with Gasteiger partial charge in [0, 0.05) is 0 Å². The molecule has 1 amide bonds. The van der Waals surface area contributed by atoms with Crippen LogP contribution in [0.15, 0.2) is 24.3 Å². The summed E-state index contributed by atoms with van der Waals surface area (Å²) in [6.07, 6.45) is -4.67. The number of hydrogen-bond acceptors (Lipinski definition) is 5. The summed E-state index contributed by atoms with van der Waals surface area (Å²) in [5.41, 5.74) is 1.45. The summed E-state index contributed by atoms with van der Waals surface area (Å²) in [4.78, 5) is 14.6. The molecule has 3 N–H and O–H groups in total. The van der Waals surface area contributed by atoms with Crippen LogP contribution in [0.2, 0.25) is 0 Å². The Bertz CT molecular complexity index is 924. The van der Waals surface area contributed by atoms with Gasteiger partial charge < -0.3 is 15.7 Å². The number of nitrogens with zero attached hydrogens (tertiary/aromatic N) is 3. The number of hydrogen-bond donors (Lipinski definition) is 3. The first-order valence-electron chi connectivity index (χ1n) is 9.65. The molecule has 10 heteroatoms. The molecule has 1 aliphatic rings. The highest BCUT2D eigenvalue weighted by Crippen LogP contribution is 2.34. The molecule has 0 spiro atoms. The van der Waals surface area contributed by atoms with Crippen molar-refractivity contribution in [1.29, 1.82) is 0 Å². The molecule has 0 saturated heterocycles. The van der Waals surface area contributed by atoms with Crippen molar-refractivity contribution in [1.82, 2.24) is 20.0 Å². The Balaban J connectivity index is 2.03. The fraction of sp³-hybridized carbons (Fsp3) is 0.500. The molecule has 2 unspecified atom stereocenters. The minimum Gasteiger partial charge on any atom is -0.390 e. The van der Waals surface area contributed by atoms with E-state index in [9.17, 15) is 23.1 Å². The Labute approximate surface area is 172 Å². The van der Waals surface area contributed by atoms with Gasteiger partial charge in [-0.15, -0.1) is 0 Å². The maximum absolute atomic E-state index is 12.8. The summed E-state index contributed by atoms with van der Waals surface area (Å²) < 4.78 is 39.6. The third-order valence-electron chi connectivity index (χ3n) is 5.42. The maximum Gasteiger partial charge on any atom is 0.393 e. The lowest BCUT2D eigenvalue weighted by atomic mass is 10.0. The van der Waals surface area contributed by atoms with E-state index in [1.807, 2.05) is 21.0 Å². The highest BCUT2D eigenvalue weighted by Gasteiger charge is 2.40. The van der Waals surface area contributed by atoms with E-state index in [4.69, 9.17) is 0 Å². The number of alkyl halides is 3. The van der Waals surface area contributed by atoms with Crippen LogP contribution in [0.4, 0.5) is 19.0 Å². The van der Waals surface area contributed by atoms with Crippen molar-refractivity contribution in [3.8, 4) is 0 Å². The number of halogens is 3. The molecule has 2 heterocycles. The Hall–Kier alpha value is -2.59. The first-order valence-corrected chi connectivity index (χ1v) is 9.65. The van der Waals surface area contributed by atoms with E-state index in [-0.39, 0.29) is 28.8 Å². The maximum atomic E-state index is 12.8. The lowest BCUT2D eigenvalue weighted by molar-refractivity contribution is -0.127. The SMILES string of the molecule is CCC(c1ccc(CC(F)(F)F)cc1)n1nc(CO)c2c1NC(C)(N(C)C)NC2=O. The van der Waals surface area contributed by atoms with E-state index in [2.05, 4.69) is 15.7 Å². The number of fused-ring (bicyclic) bond motifs is 1. The zero-order valence-electron chi connectivity index (χ0n) is 17.3. The standard InChI is InChI=1S/C20H26F3N5O2/c1-5-15(13-8-6-12(7-9-13)10-20(21,22)23)28-17-16(14(11-29)26-28)18(30)25-19(2,24-17)27(3)4/h6-9,15,24,29H,5,10-11H2,1-4H3,(H,25,30). The Kier molecular flexibility index (Phi) is 5.83. The average Bonchev–Trinajstić information content (AvgIpc) is 3.01. The average molecular weight is 425 g/mol. The number of nitrogens with one attached hydrogen (secondary N) is 2. The zero-order chi connectivity index (χ0) is 22.3. The molecule has 164 valence electrons. The van der Waals surface area contributed by atoms with Crippen LogP contribution >= 0.6 is 0 Å². The molecular formula is C20H26F3N5O2. The topological polar surface area (TPSA) is 82.4 Å². The molecule has 1 aromatic heterocycles. The van der Waals surface area contributed by atoms with E-state index in [1.54, 1.807) is 28.6 Å². The molecule has 30 heavy (non-hydrogen) atoms. The summed E-state index contributed by atoms with van der Waals surface area (Å²) in [6, 6.07) is 5.88. The van der Waals surface area contributed by atoms with Crippen molar-refractivity contribution in [3.05, 3.63) is 46.6 Å². The predicted octanol–water partition coefficient (Wildman–Crippen LogP) is 2.87. The van der Waals surface area contributed by atoms with Gasteiger partial charge in [-0.25, -0.2) is 4.68 Å². The van der Waals surface area contributed by atoms with Gasteiger partial charge in [0.1, 0.15) is 17.1 Å². The smallest absolute Gasteiger partial charge is 0.390 e. The number of carbonyl (C=O) groups is 1. The summed E-state index contributed by atoms with van der Waals surface area (Å²) >= 11 is 0. The molecule has 0 aliphatic carbocycles. The van der Waals surface area contributed by atoms with E-state index in [0.29, 0.717) is 12.2 Å². The van der Waals surface area contributed by atoms with E-state index >= 15 is 0 Å². The van der Waals surface area contributed by atoms with Crippen LogP contribution < -0.4 is 10.6 Å². The minimum atomic E-state index is -4.27. The highest BCUT2D eigenvalue weighted by molar-refractivity contribution is 6.02. The molecule has 2 aromatic rings. The van der Waals surface area contributed by atoms with Gasteiger partial charge in [0.2, 0.25) is 0 Å². The fourth-order valence-corrected chi connectivity index (χ4v) is 3.58. The summed E-state index contributed by atoms with van der Waals surface area (Å²) in [6.45, 7) is 3.32. The van der Waals surface area contributed by atoms with Crippen LogP contribution in [0.25, 0.3) is 0 Å². The van der Waals surface area contributed by atoms with E-state index in [0.717, 1.165) is 5.56 Å². The Morgan fingerprint density at radius 1 is 1.23 bits per heavy atom. The van der Waals surface area contributed by atoms with Crippen molar-refractivity contribution < 1.29 is 23.1 Å². The summed E-state index contributed by atoms with van der Waals surface area (Å²) in [7, 11) is 3.62. The van der Waals surface area contributed by atoms with Gasteiger partial charge in [-0.3, -0.25) is 9.69 Å². The second kappa shape index (κ2) is 7.92. The van der Waals surface area contributed by atoms with Gasteiger partial charge in [-0.1, -0.05) is 31.2 Å². The number of aromatic nitrogens is 2. The zero-order valence-corrected chi connectivity index (χ0v) is 17.3. The van der Waals surface area contributed by atoms with E-state index in [1.165, 1.54) is 12.1 Å². The number of carbonyl (C=O) groups excluding carboxylic acids is 1. The molecule has 1 aromatic carbocycles. The van der Waals surface area contributed by atoms with Gasteiger partial charge in [0.25, 0.3) is 5.91 Å². The van der Waals surface area contributed by atoms with Gasteiger partial charge in [-0.2, -0.15) is 18.3 Å². The molecule has 3 rings (SSSR count). The van der Waals surface area contributed by atoms with Gasteiger partial charge in [0.15, 0.2) is 5.79 Å². The molecule has 0 saturated carbocycles. The second-order valence-corrected chi connectivity index (χ2v) is 7.78. The largest absolute Gasteiger partial charge is 0.393 e. The number of aliphatic hydroxyl groups is 1. The van der Waals surface area contributed by atoms with Crippen LogP contribution in [-0.2, 0) is 13.0 Å². The predicted molar refractivity (Wildman–Crippen MR) is 106 cm³/mol. The lowest BCUT2D eigenvalue weighted by Gasteiger charge is -2.41. The van der Waals surface area contributed by atoms with Crippen molar-refractivity contribution in [2.45, 2.75) is 51.3 Å². The summed E-state index contributed by atoms with van der Waals surface area (Å²) in [5.74, 6) is -0.764. The number of rotatable bonds is 6. The normalized spacial score (nSPS) is 20.0. The van der Waals surface area contributed by atoms with Crippen molar-refractivity contribution >= 4 is 11.7 Å². The molecule has 0 fully saturated rings. The number of benzene rings is 1. The van der Waals surface area contributed by atoms with Crippen LogP contribution in [0.3, 0.4) is 0 Å². The molecule has 1 aliphatic heterocycles. The summed E-state index contributed by atoms with van der Waals surface area (Å²) in [5, 5.41) is 20.3. The first-order chi connectivity index (χ1) is 14.0. The number of anilines is 1. The quantitative estimate of drug-likeness (QED) is 0.663. The van der Waals surface area contributed by atoms with Gasteiger partial charge >= 0.3 is 6.18 Å². The third-order valence-corrected chi connectivity index (χ3v) is 5.42. The minimum absolute atomic E-state index is 0.178. The third kappa shape index (κ3) is 4.15. The second-order valence-electron chi connectivity index (χ2n) is 7.78. The van der Waals surface area contributed by atoms with Crippen molar-refractivity contribution in [3.63, 3.8) is 0 Å². The van der Waals surface area contributed by atoms with E-state index < -0.39 is 25.0 Å². The van der Waals surface area contributed by atoms with Crippen LogP contribution in [-0.4, -0.2) is 51.8 Å². The molecule has 7 nitrogen and oxygen atoms in total. The molecule has 2 atom stereocenters. The monoisotopic (exact) mass is 425 g/mol.